The van der Waals surface area contributed by atoms with Gasteiger partial charge in [0.05, 0.1) is 45.4 Å². The number of rotatable bonds is 10. The number of aliphatic imine (C=N–C) groups is 1. The fourth-order valence-electron chi connectivity index (χ4n) is 4.66. The highest BCUT2D eigenvalue weighted by molar-refractivity contribution is 6.40. The van der Waals surface area contributed by atoms with Crippen LogP contribution in [0.3, 0.4) is 0 Å². The number of carboxylic acids is 1. The summed E-state index contributed by atoms with van der Waals surface area (Å²) in [7, 11) is 0. The maximum absolute atomic E-state index is 13.1. The van der Waals surface area contributed by atoms with Crippen LogP contribution in [0.25, 0.3) is 10.9 Å². The molecule has 2 aromatic carbocycles. The average molecular weight is 587 g/mol. The first-order valence-corrected chi connectivity index (χ1v) is 13.4. The molecule has 1 saturated heterocycles. The van der Waals surface area contributed by atoms with Gasteiger partial charge in [-0.3, -0.25) is 14.7 Å². The topological polar surface area (TPSA) is 175 Å². The Kier molecular flexibility index (Phi) is 9.60. The van der Waals surface area contributed by atoms with Crippen LogP contribution in [-0.2, 0) is 11.2 Å². The molecule has 0 saturated carbocycles. The molecule has 0 spiro atoms. The number of aryl methyl sites for hydroxylation is 1. The Bertz CT molecular complexity index is 1450. The molecule has 0 amide bonds. The van der Waals surface area contributed by atoms with Gasteiger partial charge in [0.15, 0.2) is 5.78 Å². The molecule has 1 aliphatic heterocycles. The normalized spacial score (nSPS) is 17.0. The van der Waals surface area contributed by atoms with Gasteiger partial charge in [-0.2, -0.15) is 10.4 Å². The molecule has 3 aromatic rings. The lowest BCUT2D eigenvalue weighted by atomic mass is 9.95. The van der Waals surface area contributed by atoms with Crippen LogP contribution in [0.2, 0.25) is 10.0 Å². The third-order valence-electron chi connectivity index (χ3n) is 6.84. The zero-order valence-corrected chi connectivity index (χ0v) is 22.9. The minimum atomic E-state index is -1.22. The van der Waals surface area contributed by atoms with Crippen molar-refractivity contribution in [3.05, 3.63) is 63.3 Å². The van der Waals surface area contributed by atoms with Gasteiger partial charge in [0.2, 0.25) is 12.2 Å². The third kappa shape index (κ3) is 7.08. The van der Waals surface area contributed by atoms with Crippen molar-refractivity contribution in [2.45, 2.75) is 37.9 Å². The fourth-order valence-corrected chi connectivity index (χ4v) is 5.40. The lowest BCUT2D eigenvalue weighted by Gasteiger charge is -2.22. The molecule has 0 aliphatic carbocycles. The molecule has 1 aliphatic rings. The van der Waals surface area contributed by atoms with Gasteiger partial charge in [-0.25, -0.2) is 0 Å². The van der Waals surface area contributed by atoms with Crippen LogP contribution in [0.1, 0.15) is 46.9 Å². The van der Waals surface area contributed by atoms with E-state index < -0.39 is 36.3 Å². The highest BCUT2D eigenvalue weighted by Crippen LogP contribution is 2.31. The van der Waals surface area contributed by atoms with E-state index in [1.54, 1.807) is 29.4 Å². The van der Waals surface area contributed by atoms with Crippen molar-refractivity contribution in [1.82, 2.24) is 20.4 Å². The predicted molar refractivity (Wildman–Crippen MR) is 149 cm³/mol. The highest BCUT2D eigenvalue weighted by Gasteiger charge is 2.28. The van der Waals surface area contributed by atoms with E-state index >= 15 is 0 Å². The van der Waals surface area contributed by atoms with Crippen LogP contribution in [0.4, 0.5) is 0 Å². The molecule has 0 radical (unpaired) electrons. The minimum absolute atomic E-state index is 0.0251. The number of ketones is 1. The van der Waals surface area contributed by atoms with E-state index in [0.29, 0.717) is 25.8 Å². The van der Waals surface area contributed by atoms with E-state index in [-0.39, 0.29) is 34.7 Å². The van der Waals surface area contributed by atoms with Crippen LogP contribution in [-0.4, -0.2) is 73.9 Å². The number of aromatic amines is 1. The van der Waals surface area contributed by atoms with Crippen molar-refractivity contribution in [3.8, 4) is 6.19 Å². The molecular weight excluding hydrogens is 559 g/mol. The van der Waals surface area contributed by atoms with Gasteiger partial charge in [-0.1, -0.05) is 35.3 Å². The summed E-state index contributed by atoms with van der Waals surface area (Å²) >= 11 is 12.8. The van der Waals surface area contributed by atoms with Crippen LogP contribution >= 0.6 is 23.2 Å². The number of nitrogens with one attached hydrogen (secondary N) is 2. The molecule has 3 atom stereocenters. The number of H-pyrrole nitrogens is 1. The lowest BCUT2D eigenvalue weighted by molar-refractivity contribution is -0.141. The van der Waals surface area contributed by atoms with E-state index in [9.17, 15) is 24.9 Å². The Morgan fingerprint density at radius 2 is 2.02 bits per heavy atom. The summed E-state index contributed by atoms with van der Waals surface area (Å²) < 4.78 is 0. The number of hydrogen-bond donors (Lipinski definition) is 5. The number of halogens is 2. The van der Waals surface area contributed by atoms with Crippen molar-refractivity contribution < 1.29 is 24.9 Å². The number of carbonyl (C=O) groups is 2. The number of likely N-dealkylation sites (tertiary alicyclic amines) is 1. The summed E-state index contributed by atoms with van der Waals surface area (Å²) in [5, 5.41) is 49.9. The number of aromatic nitrogens is 2. The molecule has 1 unspecified atom stereocenters. The number of fused-ring (bicyclic) bond motifs is 1. The highest BCUT2D eigenvalue weighted by atomic mass is 35.5. The van der Waals surface area contributed by atoms with Crippen LogP contribution in [0, 0.1) is 17.4 Å². The summed E-state index contributed by atoms with van der Waals surface area (Å²) in [6.07, 6.45) is 2.99. The Morgan fingerprint density at radius 3 is 2.67 bits per heavy atom. The zero-order chi connectivity index (χ0) is 28.8. The van der Waals surface area contributed by atoms with Crippen molar-refractivity contribution in [1.29, 1.82) is 5.26 Å². The first-order chi connectivity index (χ1) is 19.2. The molecule has 11 nitrogen and oxygen atoms in total. The SMILES string of the molecule is N#C/N=C(\NC[C@H](CC(=O)c1c(Cl)cc(CCC(O)c2ccc3cn[nH]c3c2)cc1Cl)C(=O)O)N1CC[C@H](O)C1. The summed E-state index contributed by atoms with van der Waals surface area (Å²) in [6, 6.07) is 8.73. The molecule has 1 fully saturated rings. The summed E-state index contributed by atoms with van der Waals surface area (Å²) in [6.45, 7) is 0.543. The smallest absolute Gasteiger partial charge is 0.308 e. The van der Waals surface area contributed by atoms with Gasteiger partial charge < -0.3 is 25.5 Å². The number of hydrogen-bond acceptors (Lipinski definition) is 7. The number of aliphatic hydroxyl groups is 2. The van der Waals surface area contributed by atoms with Gasteiger partial charge in [-0.05, 0) is 48.6 Å². The Balaban J connectivity index is 1.39. The second-order valence-corrected chi connectivity index (χ2v) is 10.5. The predicted octanol–water partition coefficient (Wildman–Crippen LogP) is 3.30. The Labute approximate surface area is 240 Å². The fraction of sp³-hybridized carbons (Fsp3) is 0.370. The average Bonchev–Trinajstić information content (AvgIpc) is 3.56. The second-order valence-electron chi connectivity index (χ2n) is 9.67. The zero-order valence-electron chi connectivity index (χ0n) is 21.3. The number of Topliss-reactive ketones (excluding diaryl/α,β-unsaturated/α-hetero) is 1. The standard InChI is InChI=1S/C27H28Cl2N6O5/c28-20-7-15(1-4-23(37)16-2-3-17-12-33-34-22(17)9-16)8-21(29)25(20)24(38)10-18(26(39)40)11-31-27(32-14-30)35-6-5-19(36)13-35/h2-3,7-9,12,18-19,23,36-37H,1,4-6,10-11,13H2,(H,31,32)(H,33,34)(H,39,40)/t18-,19-,23?/m0/s1. The number of guanidine groups is 1. The van der Waals surface area contributed by atoms with E-state index in [0.717, 1.165) is 22.0 Å². The second kappa shape index (κ2) is 13.1. The molecular formula is C27H28Cl2N6O5. The van der Waals surface area contributed by atoms with E-state index in [1.807, 2.05) is 18.2 Å². The number of nitrogens with zero attached hydrogens (tertiary/aromatic N) is 4. The first-order valence-electron chi connectivity index (χ1n) is 12.6. The van der Waals surface area contributed by atoms with Gasteiger partial charge in [-0.15, -0.1) is 4.99 Å². The van der Waals surface area contributed by atoms with Gasteiger partial charge in [0, 0.05) is 31.4 Å². The number of carboxylic acid groups (broad SMARTS) is 1. The molecule has 210 valence electrons. The van der Waals surface area contributed by atoms with E-state index in [1.165, 1.54) is 0 Å². The number of aliphatic carboxylic acids is 1. The Morgan fingerprint density at radius 1 is 1.27 bits per heavy atom. The van der Waals surface area contributed by atoms with Crippen molar-refractivity contribution in [2.24, 2.45) is 10.9 Å². The maximum Gasteiger partial charge on any atom is 0.308 e. The largest absolute Gasteiger partial charge is 0.481 e. The van der Waals surface area contributed by atoms with E-state index in [4.69, 9.17) is 28.5 Å². The van der Waals surface area contributed by atoms with E-state index in [2.05, 4.69) is 20.5 Å². The summed E-state index contributed by atoms with van der Waals surface area (Å²) in [5.41, 5.74) is 2.30. The minimum Gasteiger partial charge on any atom is -0.481 e. The monoisotopic (exact) mass is 586 g/mol. The summed E-state index contributed by atoms with van der Waals surface area (Å²) in [5.74, 6) is -2.77. The molecule has 0 bridgehead atoms. The molecule has 2 heterocycles. The van der Waals surface area contributed by atoms with Crippen molar-refractivity contribution in [3.63, 3.8) is 0 Å². The quantitative estimate of drug-likeness (QED) is 0.103. The number of benzene rings is 2. The summed E-state index contributed by atoms with van der Waals surface area (Å²) in [4.78, 5) is 30.3. The first kappa shape index (κ1) is 29.3. The number of β-amino-alcohol motifs (C(OH)–C–C–N with tert-alkyl or cyclic N) is 1. The number of nitriles is 1. The molecule has 1 aromatic heterocycles. The van der Waals surface area contributed by atoms with Gasteiger partial charge >= 0.3 is 5.97 Å². The van der Waals surface area contributed by atoms with Crippen LogP contribution < -0.4 is 5.32 Å². The van der Waals surface area contributed by atoms with Gasteiger partial charge in [0.1, 0.15) is 0 Å². The molecule has 40 heavy (non-hydrogen) atoms. The number of aliphatic hydroxyl groups excluding tert-OH is 2. The van der Waals surface area contributed by atoms with Crippen LogP contribution in [0.5, 0.6) is 0 Å². The maximum atomic E-state index is 13.1. The molecule has 4 rings (SSSR count). The third-order valence-corrected chi connectivity index (χ3v) is 7.44. The molecule has 13 heteroatoms. The molecule has 5 N–H and O–H groups in total. The lowest BCUT2D eigenvalue weighted by Crippen LogP contribution is -2.43. The van der Waals surface area contributed by atoms with Crippen LogP contribution in [0.15, 0.2) is 41.5 Å². The van der Waals surface area contributed by atoms with Crippen molar-refractivity contribution in [2.75, 3.05) is 19.6 Å². The van der Waals surface area contributed by atoms with Crippen molar-refractivity contribution >= 4 is 51.8 Å². The number of carbonyl (C=O) groups excluding carboxylic acids is 1. The Hall–Kier alpha value is -3.69. The van der Waals surface area contributed by atoms with Gasteiger partial charge in [0.25, 0.3) is 0 Å².